The summed E-state index contributed by atoms with van der Waals surface area (Å²) in [5, 5.41) is 0. The molecule has 2 rings (SSSR count). The van der Waals surface area contributed by atoms with Crippen molar-refractivity contribution in [2.45, 2.75) is 13.8 Å². The fraction of sp³-hybridized carbons (Fsp3) is 0.222. The maximum Gasteiger partial charge on any atom is 0.109 e. The second kappa shape index (κ2) is 3.36. The summed E-state index contributed by atoms with van der Waals surface area (Å²) in [6.45, 7) is 3.94. The highest BCUT2D eigenvalue weighted by Gasteiger charge is 2.08. The summed E-state index contributed by atoms with van der Waals surface area (Å²) in [7, 11) is 3.34. The van der Waals surface area contributed by atoms with Gasteiger partial charge in [0.15, 0.2) is 0 Å². The van der Waals surface area contributed by atoms with Crippen molar-refractivity contribution < 1.29 is 4.42 Å². The third kappa shape index (κ3) is 1.75. The Morgan fingerprint density at radius 2 is 2.00 bits per heavy atom. The third-order valence-corrected chi connectivity index (χ3v) is 4.66. The van der Waals surface area contributed by atoms with Gasteiger partial charge in [0, 0.05) is 5.56 Å². The summed E-state index contributed by atoms with van der Waals surface area (Å²) in [6.07, 6.45) is 0. The first-order valence-corrected chi connectivity index (χ1v) is 6.40. The molecule has 4 heteroatoms. The highest BCUT2D eigenvalue weighted by atomic mass is 32.9. The quantitative estimate of drug-likeness (QED) is 0.529. The van der Waals surface area contributed by atoms with Crippen molar-refractivity contribution in [3.63, 3.8) is 0 Å². The van der Waals surface area contributed by atoms with E-state index in [1.165, 1.54) is 10.4 Å². The molecule has 1 nitrogen and oxygen atoms in total. The van der Waals surface area contributed by atoms with Crippen molar-refractivity contribution in [3.05, 3.63) is 27.5 Å². The second-order valence-corrected chi connectivity index (χ2v) is 5.73. The standard InChI is InChI=1S/C9H8OS3/c1-5-3-7(6(2)10-5)8-4-9(11)13-12-8/h3-4H,1-2H3. The van der Waals surface area contributed by atoms with Gasteiger partial charge in [0.25, 0.3) is 0 Å². The van der Waals surface area contributed by atoms with Gasteiger partial charge in [-0.2, -0.15) is 0 Å². The summed E-state index contributed by atoms with van der Waals surface area (Å²) >= 11 is 5.08. The van der Waals surface area contributed by atoms with Crippen LogP contribution >= 0.6 is 32.9 Å². The van der Waals surface area contributed by atoms with E-state index in [-0.39, 0.29) is 0 Å². The van der Waals surface area contributed by atoms with Gasteiger partial charge in [-0.3, -0.25) is 0 Å². The van der Waals surface area contributed by atoms with E-state index in [1.54, 1.807) is 20.7 Å². The third-order valence-electron chi connectivity index (χ3n) is 1.77. The van der Waals surface area contributed by atoms with Crippen LogP contribution in [0.1, 0.15) is 11.5 Å². The molecule has 0 aromatic carbocycles. The molecule has 0 amide bonds. The molecule has 0 radical (unpaired) electrons. The minimum atomic E-state index is 0.943. The lowest BCUT2D eigenvalue weighted by molar-refractivity contribution is 0.505. The number of hydrogen-bond acceptors (Lipinski definition) is 4. The monoisotopic (exact) mass is 228 g/mol. The molecule has 0 atom stereocenters. The first-order valence-electron chi connectivity index (χ1n) is 3.84. The van der Waals surface area contributed by atoms with Crippen LogP contribution in [0.25, 0.3) is 10.4 Å². The van der Waals surface area contributed by atoms with Gasteiger partial charge in [0.2, 0.25) is 0 Å². The van der Waals surface area contributed by atoms with Gasteiger partial charge in [0.1, 0.15) is 15.3 Å². The Morgan fingerprint density at radius 3 is 2.46 bits per heavy atom. The van der Waals surface area contributed by atoms with Crippen LogP contribution in [0.5, 0.6) is 0 Å². The van der Waals surface area contributed by atoms with E-state index >= 15 is 0 Å². The molecule has 0 bridgehead atoms. The van der Waals surface area contributed by atoms with Gasteiger partial charge in [-0.1, -0.05) is 32.9 Å². The Morgan fingerprint density at radius 1 is 1.23 bits per heavy atom. The molecule has 13 heavy (non-hydrogen) atoms. The number of rotatable bonds is 1. The lowest BCUT2D eigenvalue weighted by Gasteiger charge is -1.89. The maximum absolute atomic E-state index is 5.46. The zero-order valence-corrected chi connectivity index (χ0v) is 9.74. The molecule has 2 aromatic rings. The van der Waals surface area contributed by atoms with E-state index in [2.05, 4.69) is 6.07 Å². The molecule has 0 aliphatic heterocycles. The van der Waals surface area contributed by atoms with Crippen LogP contribution in [-0.4, -0.2) is 0 Å². The lowest BCUT2D eigenvalue weighted by Crippen LogP contribution is -1.68. The minimum Gasteiger partial charge on any atom is -0.466 e. The average molecular weight is 228 g/mol. The van der Waals surface area contributed by atoms with Crippen LogP contribution in [0, 0.1) is 17.7 Å². The van der Waals surface area contributed by atoms with Crippen LogP contribution in [0.4, 0.5) is 0 Å². The van der Waals surface area contributed by atoms with E-state index in [1.807, 2.05) is 19.9 Å². The van der Waals surface area contributed by atoms with Gasteiger partial charge in [-0.25, -0.2) is 0 Å². The molecule has 0 spiro atoms. The normalized spacial score (nSPS) is 10.6. The molecule has 0 aliphatic rings. The molecule has 68 valence electrons. The predicted molar refractivity (Wildman–Crippen MR) is 60.2 cm³/mol. The topological polar surface area (TPSA) is 13.1 Å². The Bertz CT molecular complexity index is 475. The number of aryl methyl sites for hydroxylation is 2. The zero-order valence-electron chi connectivity index (χ0n) is 7.29. The van der Waals surface area contributed by atoms with Crippen molar-refractivity contribution >= 4 is 32.9 Å². The molecule has 2 aromatic heterocycles. The van der Waals surface area contributed by atoms with E-state index in [9.17, 15) is 0 Å². The number of furan rings is 1. The molecule has 2 heterocycles. The number of hydrogen-bond donors (Lipinski definition) is 0. The van der Waals surface area contributed by atoms with E-state index in [4.69, 9.17) is 16.6 Å². The van der Waals surface area contributed by atoms with Gasteiger partial charge < -0.3 is 4.42 Å². The summed E-state index contributed by atoms with van der Waals surface area (Å²) in [6, 6.07) is 4.09. The summed E-state index contributed by atoms with van der Waals surface area (Å²) < 4.78 is 6.40. The Hall–Kier alpha value is -0.450. The van der Waals surface area contributed by atoms with E-state index < -0.39 is 0 Å². The Kier molecular flexibility index (Phi) is 2.36. The summed E-state index contributed by atoms with van der Waals surface area (Å²) in [4.78, 5) is 1.21. The maximum atomic E-state index is 5.46. The largest absolute Gasteiger partial charge is 0.466 e. The van der Waals surface area contributed by atoms with Crippen LogP contribution < -0.4 is 0 Å². The van der Waals surface area contributed by atoms with Crippen LogP contribution in [0.2, 0.25) is 0 Å². The van der Waals surface area contributed by atoms with E-state index in [0.29, 0.717) is 0 Å². The van der Waals surface area contributed by atoms with Crippen LogP contribution in [0.15, 0.2) is 16.5 Å². The van der Waals surface area contributed by atoms with Gasteiger partial charge in [0.05, 0.1) is 4.88 Å². The molecule has 0 fully saturated rings. The fourth-order valence-electron chi connectivity index (χ4n) is 1.24. The van der Waals surface area contributed by atoms with Crippen LogP contribution in [0.3, 0.4) is 0 Å². The van der Waals surface area contributed by atoms with E-state index in [0.717, 1.165) is 15.3 Å². The van der Waals surface area contributed by atoms with Crippen LogP contribution in [-0.2, 0) is 0 Å². The fourth-order valence-corrected chi connectivity index (χ4v) is 3.68. The lowest BCUT2D eigenvalue weighted by atomic mass is 10.2. The van der Waals surface area contributed by atoms with Gasteiger partial charge in [-0.15, -0.1) is 0 Å². The minimum absolute atomic E-state index is 0.943. The van der Waals surface area contributed by atoms with Gasteiger partial charge >= 0.3 is 0 Å². The summed E-state index contributed by atoms with van der Waals surface area (Å²) in [5.41, 5.74) is 1.18. The molecular weight excluding hydrogens is 220 g/mol. The molecular formula is C9H8OS3. The predicted octanol–water partition coefficient (Wildman–Crippen LogP) is 4.42. The van der Waals surface area contributed by atoms with Crippen molar-refractivity contribution in [1.82, 2.24) is 0 Å². The van der Waals surface area contributed by atoms with Crippen molar-refractivity contribution in [3.8, 4) is 10.4 Å². The summed E-state index contributed by atoms with van der Waals surface area (Å²) in [5.74, 6) is 1.93. The van der Waals surface area contributed by atoms with Crippen molar-refractivity contribution in [1.29, 1.82) is 0 Å². The SMILES string of the molecule is Cc1cc(-c2cc(=S)ss2)c(C)o1. The Balaban J connectivity index is 2.57. The molecule has 0 saturated carbocycles. The molecule has 0 unspecified atom stereocenters. The molecule has 0 N–H and O–H groups in total. The smallest absolute Gasteiger partial charge is 0.109 e. The molecule has 0 saturated heterocycles. The van der Waals surface area contributed by atoms with Crippen molar-refractivity contribution in [2.24, 2.45) is 0 Å². The zero-order chi connectivity index (χ0) is 9.42. The molecule has 0 aliphatic carbocycles. The van der Waals surface area contributed by atoms with Gasteiger partial charge in [-0.05, 0) is 26.0 Å². The van der Waals surface area contributed by atoms with Crippen molar-refractivity contribution in [2.75, 3.05) is 0 Å². The Labute approximate surface area is 89.0 Å². The highest BCUT2D eigenvalue weighted by Crippen LogP contribution is 2.33. The first kappa shape index (κ1) is 9.12. The average Bonchev–Trinajstić information content (AvgIpc) is 2.58. The second-order valence-electron chi connectivity index (χ2n) is 2.82. The first-order chi connectivity index (χ1) is 6.16. The highest BCUT2D eigenvalue weighted by molar-refractivity contribution is 7.80.